The minimum atomic E-state index is -1.26. The monoisotopic (exact) mass is 482 g/mol. The first-order chi connectivity index (χ1) is 16.5. The van der Waals surface area contributed by atoms with Crippen LogP contribution in [0.1, 0.15) is 58.7 Å². The Kier molecular flexibility index (Phi) is 6.38. The van der Waals surface area contributed by atoms with Gasteiger partial charge in [0.2, 0.25) is 5.91 Å². The second-order valence-corrected chi connectivity index (χ2v) is 10.6. The zero-order valence-corrected chi connectivity index (χ0v) is 20.9. The Hall–Kier alpha value is -3.36. The molecule has 0 unspecified atom stereocenters. The molecule has 2 aromatic rings. The largest absolute Gasteiger partial charge is 0.480 e. The Morgan fingerprint density at radius 3 is 2.40 bits per heavy atom. The van der Waals surface area contributed by atoms with E-state index in [1.165, 1.54) is 4.90 Å². The number of para-hydroxylation sites is 1. The van der Waals surface area contributed by atoms with Crippen LogP contribution in [0.2, 0.25) is 0 Å². The summed E-state index contributed by atoms with van der Waals surface area (Å²) in [5.41, 5.74) is 1.32. The maximum atomic E-state index is 14.0. The van der Waals surface area contributed by atoms with Gasteiger partial charge >= 0.3 is 12.0 Å². The van der Waals surface area contributed by atoms with Crippen molar-refractivity contribution in [2.24, 2.45) is 11.8 Å². The van der Waals surface area contributed by atoms with Crippen LogP contribution in [0.25, 0.3) is 10.9 Å². The van der Waals surface area contributed by atoms with E-state index >= 15 is 0 Å². The number of aromatic amines is 1. The van der Waals surface area contributed by atoms with Crippen molar-refractivity contribution < 1.29 is 24.3 Å². The number of hydrogen-bond acceptors (Lipinski definition) is 4. The number of carbonyl (C=O) groups is 4. The molecule has 0 spiro atoms. The quantitative estimate of drug-likeness (QED) is 0.499. The van der Waals surface area contributed by atoms with E-state index in [9.17, 15) is 24.3 Å². The number of nitrogens with one attached hydrogen (secondary N) is 2. The van der Waals surface area contributed by atoms with Gasteiger partial charge in [-0.1, -0.05) is 45.9 Å². The number of H-pyrrole nitrogens is 1. The third kappa shape index (κ3) is 4.06. The molecule has 9 nitrogen and oxygen atoms in total. The van der Waals surface area contributed by atoms with Crippen molar-refractivity contribution >= 4 is 34.7 Å². The normalized spacial score (nSPS) is 21.5. The molecule has 1 fully saturated rings. The zero-order chi connectivity index (χ0) is 25.7. The maximum Gasteiger partial charge on any atom is 0.328 e. The lowest BCUT2D eigenvalue weighted by molar-refractivity contribution is -0.144. The number of fused-ring (bicyclic) bond motifs is 5. The van der Waals surface area contributed by atoms with E-state index in [1.807, 2.05) is 52.0 Å². The Morgan fingerprint density at radius 1 is 1.11 bits per heavy atom. The van der Waals surface area contributed by atoms with E-state index in [1.54, 1.807) is 6.92 Å². The topological polar surface area (TPSA) is 123 Å². The standard InChI is InChI=1S/C26H34N4O5/c1-14(2)12-19(23(32)33)28-22(31)20(13-15(3)4)30-24(34)26(5)21-17(10-11-29(26)25(30)35)16-8-6-7-9-18(16)27-21/h6-9,14-15,19-20,27H,10-13H2,1-5H3,(H,28,31)(H,32,33)/t19-,20+,26-/m0/s1. The Balaban J connectivity index is 1.72. The van der Waals surface area contributed by atoms with Gasteiger partial charge in [0.05, 0.1) is 5.69 Å². The third-order valence-electron chi connectivity index (χ3n) is 7.13. The van der Waals surface area contributed by atoms with Gasteiger partial charge in [0, 0.05) is 17.4 Å². The summed E-state index contributed by atoms with van der Waals surface area (Å²) in [7, 11) is 0. The molecule has 1 saturated heterocycles. The van der Waals surface area contributed by atoms with Crippen molar-refractivity contribution in [2.75, 3.05) is 6.54 Å². The highest BCUT2D eigenvalue weighted by Crippen LogP contribution is 2.45. The van der Waals surface area contributed by atoms with E-state index in [2.05, 4.69) is 10.3 Å². The first-order valence-corrected chi connectivity index (χ1v) is 12.2. The lowest BCUT2D eigenvalue weighted by Gasteiger charge is -2.36. The Labute approximate surface area is 204 Å². The summed E-state index contributed by atoms with van der Waals surface area (Å²) in [5.74, 6) is -2.18. The van der Waals surface area contributed by atoms with E-state index in [0.29, 0.717) is 18.7 Å². The molecule has 35 heavy (non-hydrogen) atoms. The minimum Gasteiger partial charge on any atom is -0.480 e. The number of carboxylic acid groups (broad SMARTS) is 1. The van der Waals surface area contributed by atoms with Crippen LogP contribution in [0.15, 0.2) is 24.3 Å². The van der Waals surface area contributed by atoms with E-state index in [0.717, 1.165) is 21.4 Å². The van der Waals surface area contributed by atoms with Crippen LogP contribution in [0.5, 0.6) is 0 Å². The molecule has 1 aromatic carbocycles. The molecule has 9 heteroatoms. The van der Waals surface area contributed by atoms with Crippen molar-refractivity contribution in [3.05, 3.63) is 35.5 Å². The van der Waals surface area contributed by atoms with Gasteiger partial charge in [0.1, 0.15) is 12.1 Å². The molecule has 4 amide bonds. The van der Waals surface area contributed by atoms with Gasteiger partial charge in [-0.05, 0) is 49.7 Å². The van der Waals surface area contributed by atoms with E-state index < -0.39 is 41.4 Å². The number of hydrogen-bond donors (Lipinski definition) is 3. The molecule has 2 aliphatic heterocycles. The molecule has 3 heterocycles. The molecule has 0 saturated carbocycles. The highest BCUT2D eigenvalue weighted by Gasteiger charge is 2.60. The van der Waals surface area contributed by atoms with Crippen LogP contribution < -0.4 is 5.32 Å². The summed E-state index contributed by atoms with van der Waals surface area (Å²) >= 11 is 0. The maximum absolute atomic E-state index is 14.0. The highest BCUT2D eigenvalue weighted by molar-refractivity contribution is 6.11. The number of aliphatic carboxylic acids is 1. The fraction of sp³-hybridized carbons (Fsp3) is 0.538. The zero-order valence-electron chi connectivity index (χ0n) is 20.9. The smallest absolute Gasteiger partial charge is 0.328 e. The van der Waals surface area contributed by atoms with Gasteiger partial charge in [-0.2, -0.15) is 0 Å². The van der Waals surface area contributed by atoms with Gasteiger partial charge in [0.25, 0.3) is 5.91 Å². The second kappa shape index (κ2) is 9.02. The van der Waals surface area contributed by atoms with Crippen molar-refractivity contribution in [3.63, 3.8) is 0 Å². The second-order valence-electron chi connectivity index (χ2n) is 10.6. The summed E-state index contributed by atoms with van der Waals surface area (Å²) in [6, 6.07) is 5.09. The molecule has 0 bridgehead atoms. The van der Waals surface area contributed by atoms with Crippen LogP contribution in [-0.2, 0) is 26.3 Å². The van der Waals surface area contributed by atoms with Gasteiger partial charge in [-0.15, -0.1) is 0 Å². The van der Waals surface area contributed by atoms with Crippen molar-refractivity contribution in [1.29, 1.82) is 0 Å². The summed E-state index contributed by atoms with van der Waals surface area (Å²) in [6.45, 7) is 9.63. The molecule has 3 atom stereocenters. The number of benzene rings is 1. The Bertz CT molecular complexity index is 1190. The third-order valence-corrected chi connectivity index (χ3v) is 7.13. The number of carbonyl (C=O) groups excluding carboxylic acids is 3. The molecule has 2 aliphatic rings. The molecular weight excluding hydrogens is 448 g/mol. The number of rotatable bonds is 8. The first-order valence-electron chi connectivity index (χ1n) is 12.2. The van der Waals surface area contributed by atoms with Crippen molar-refractivity contribution in [2.45, 2.75) is 71.5 Å². The summed E-state index contributed by atoms with van der Waals surface area (Å²) in [4.78, 5) is 58.7. The molecular formula is C26H34N4O5. The van der Waals surface area contributed by atoms with Gasteiger partial charge in [-0.25, -0.2) is 14.5 Å². The molecule has 0 radical (unpaired) electrons. The fourth-order valence-corrected chi connectivity index (χ4v) is 5.43. The molecule has 0 aliphatic carbocycles. The number of aromatic nitrogens is 1. The van der Waals surface area contributed by atoms with E-state index in [4.69, 9.17) is 0 Å². The van der Waals surface area contributed by atoms with Crippen LogP contribution in [0, 0.1) is 11.8 Å². The number of carboxylic acids is 1. The summed E-state index contributed by atoms with van der Waals surface area (Å²) in [5, 5.41) is 13.2. The average Bonchev–Trinajstić information content (AvgIpc) is 3.25. The van der Waals surface area contributed by atoms with Gasteiger partial charge in [0.15, 0.2) is 5.54 Å². The van der Waals surface area contributed by atoms with Crippen LogP contribution in [0.4, 0.5) is 4.79 Å². The summed E-state index contributed by atoms with van der Waals surface area (Å²) < 4.78 is 0. The van der Waals surface area contributed by atoms with Crippen LogP contribution >= 0.6 is 0 Å². The van der Waals surface area contributed by atoms with Gasteiger partial charge in [-0.3, -0.25) is 9.59 Å². The molecule has 188 valence electrons. The van der Waals surface area contributed by atoms with E-state index in [-0.39, 0.29) is 24.7 Å². The minimum absolute atomic E-state index is 0.00574. The molecule has 3 N–H and O–H groups in total. The number of amides is 4. The van der Waals surface area contributed by atoms with Gasteiger partial charge < -0.3 is 20.3 Å². The Morgan fingerprint density at radius 2 is 1.77 bits per heavy atom. The fourth-order valence-electron chi connectivity index (χ4n) is 5.43. The summed E-state index contributed by atoms with van der Waals surface area (Å²) in [6.07, 6.45) is 1.08. The lowest BCUT2D eigenvalue weighted by Crippen LogP contribution is -2.54. The predicted molar refractivity (Wildman–Crippen MR) is 131 cm³/mol. The average molecular weight is 483 g/mol. The number of imide groups is 1. The lowest BCUT2D eigenvalue weighted by atomic mass is 9.86. The first kappa shape index (κ1) is 24.8. The van der Waals surface area contributed by atoms with Crippen LogP contribution in [-0.4, -0.2) is 62.3 Å². The van der Waals surface area contributed by atoms with Crippen LogP contribution in [0.3, 0.4) is 0 Å². The van der Waals surface area contributed by atoms with Crippen molar-refractivity contribution in [1.82, 2.24) is 20.1 Å². The highest BCUT2D eigenvalue weighted by atomic mass is 16.4. The van der Waals surface area contributed by atoms with Crippen molar-refractivity contribution in [3.8, 4) is 0 Å². The molecule has 1 aromatic heterocycles. The molecule has 4 rings (SSSR count). The SMILES string of the molecule is CC(C)C[C@H](NC(=O)[C@@H](CC(C)C)N1C(=O)N2CCc3c([nH]c4ccccc34)[C@@]2(C)C1=O)C(=O)O. The number of urea groups is 1. The predicted octanol–water partition coefficient (Wildman–Crippen LogP) is 3.23. The number of nitrogens with zero attached hydrogens (tertiary/aromatic N) is 2.